The van der Waals surface area contributed by atoms with E-state index < -0.39 is 7.12 Å². The van der Waals surface area contributed by atoms with E-state index in [1.807, 2.05) is 0 Å². The number of aromatic nitrogens is 1. The van der Waals surface area contributed by atoms with Gasteiger partial charge >= 0.3 is 7.12 Å². The van der Waals surface area contributed by atoms with Crippen molar-refractivity contribution in [3.8, 4) is 5.69 Å². The number of benzene rings is 5. The van der Waals surface area contributed by atoms with E-state index in [2.05, 4.69) is 117 Å². The van der Waals surface area contributed by atoms with Gasteiger partial charge in [-0.25, -0.2) is 0 Å². The van der Waals surface area contributed by atoms with Crippen molar-refractivity contribution < 1.29 is 9.31 Å². The molecule has 0 atom stereocenters. The van der Waals surface area contributed by atoms with Gasteiger partial charge in [-0.3, -0.25) is 0 Å². The van der Waals surface area contributed by atoms with Crippen LogP contribution < -0.4 is 5.46 Å². The standard InChI is InChI=1S/C30H26BNO2/c1-29(2)30(3,4)34-31(33-29)19-17-24-22-14-9-8-13-21(22)23-15-10-16-25-27(23)28(24)26(18-19)32(25)20-11-6-5-7-12-20/h5-18H,1-4H3. The van der Waals surface area contributed by atoms with Gasteiger partial charge in [0.05, 0.1) is 22.2 Å². The van der Waals surface area contributed by atoms with Gasteiger partial charge in [0.15, 0.2) is 0 Å². The summed E-state index contributed by atoms with van der Waals surface area (Å²) in [6.45, 7) is 8.44. The summed E-state index contributed by atoms with van der Waals surface area (Å²) in [6, 6.07) is 30.6. The minimum Gasteiger partial charge on any atom is -0.399 e. The minimum absolute atomic E-state index is 0.388. The molecule has 0 unspecified atom stereocenters. The Morgan fingerprint density at radius 3 is 1.88 bits per heavy atom. The second kappa shape index (κ2) is 6.62. The molecule has 2 heterocycles. The number of fused-ring (bicyclic) bond motifs is 3. The van der Waals surface area contributed by atoms with E-state index in [0.29, 0.717) is 0 Å². The van der Waals surface area contributed by atoms with Gasteiger partial charge in [0.2, 0.25) is 0 Å². The summed E-state index contributed by atoms with van der Waals surface area (Å²) in [4.78, 5) is 0. The molecule has 34 heavy (non-hydrogen) atoms. The second-order valence-corrected chi connectivity index (χ2v) is 10.5. The molecule has 0 saturated carbocycles. The van der Waals surface area contributed by atoms with Crippen LogP contribution in [0.25, 0.3) is 49.0 Å². The molecule has 1 aliphatic heterocycles. The molecule has 6 aromatic rings. The molecule has 1 saturated heterocycles. The van der Waals surface area contributed by atoms with Crippen LogP contribution in [0.15, 0.2) is 84.9 Å². The molecular weight excluding hydrogens is 417 g/mol. The Morgan fingerprint density at radius 1 is 0.588 bits per heavy atom. The van der Waals surface area contributed by atoms with Crippen LogP contribution in [0.3, 0.4) is 0 Å². The van der Waals surface area contributed by atoms with Crippen molar-refractivity contribution in [3.63, 3.8) is 0 Å². The first-order valence-electron chi connectivity index (χ1n) is 12.0. The SMILES string of the molecule is CC1(C)OB(c2cc3c4ccccc4c4cccc5c4c3c(c2)n5-c2ccccc2)OC1(C)C. The quantitative estimate of drug-likeness (QED) is 0.216. The molecule has 0 radical (unpaired) electrons. The first-order chi connectivity index (χ1) is 16.4. The zero-order valence-corrected chi connectivity index (χ0v) is 19.9. The van der Waals surface area contributed by atoms with E-state index >= 15 is 0 Å². The predicted octanol–water partition coefficient (Wildman–Crippen LogP) is 6.83. The highest BCUT2D eigenvalue weighted by molar-refractivity contribution is 6.63. The van der Waals surface area contributed by atoms with Gasteiger partial charge in [-0.05, 0) is 79.0 Å². The van der Waals surface area contributed by atoms with Gasteiger partial charge in [-0.2, -0.15) is 0 Å². The molecule has 1 fully saturated rings. The fraction of sp³-hybridized carbons (Fsp3) is 0.200. The van der Waals surface area contributed by atoms with Crippen LogP contribution in [-0.2, 0) is 9.31 Å². The van der Waals surface area contributed by atoms with Crippen molar-refractivity contribution in [1.29, 1.82) is 0 Å². The fourth-order valence-corrected chi connectivity index (χ4v) is 5.57. The Hall–Kier alpha value is -3.34. The Kier molecular flexibility index (Phi) is 3.91. The van der Waals surface area contributed by atoms with Crippen molar-refractivity contribution >= 4 is 55.9 Å². The van der Waals surface area contributed by atoms with E-state index in [4.69, 9.17) is 9.31 Å². The summed E-state index contributed by atoms with van der Waals surface area (Å²) in [6.07, 6.45) is 0. The lowest BCUT2D eigenvalue weighted by Gasteiger charge is -2.32. The van der Waals surface area contributed by atoms with Crippen molar-refractivity contribution in [2.45, 2.75) is 38.9 Å². The summed E-state index contributed by atoms with van der Waals surface area (Å²) >= 11 is 0. The Balaban J connectivity index is 1.65. The average molecular weight is 443 g/mol. The third-order valence-electron chi connectivity index (χ3n) is 7.96. The molecule has 0 spiro atoms. The highest BCUT2D eigenvalue weighted by Crippen LogP contribution is 2.44. The number of para-hydroxylation sites is 1. The van der Waals surface area contributed by atoms with E-state index in [-0.39, 0.29) is 11.2 Å². The smallest absolute Gasteiger partial charge is 0.399 e. The number of nitrogens with zero attached hydrogens (tertiary/aromatic N) is 1. The minimum atomic E-state index is -0.415. The van der Waals surface area contributed by atoms with Gasteiger partial charge in [-0.15, -0.1) is 0 Å². The molecule has 166 valence electrons. The average Bonchev–Trinajstić information content (AvgIpc) is 3.28. The molecule has 5 aromatic carbocycles. The Morgan fingerprint density at radius 2 is 1.18 bits per heavy atom. The third-order valence-corrected chi connectivity index (χ3v) is 7.96. The molecule has 3 nitrogen and oxygen atoms in total. The van der Waals surface area contributed by atoms with Crippen LogP contribution in [0.2, 0.25) is 0 Å². The highest BCUT2D eigenvalue weighted by Gasteiger charge is 2.51. The van der Waals surface area contributed by atoms with Gasteiger partial charge in [0, 0.05) is 16.5 Å². The summed E-state index contributed by atoms with van der Waals surface area (Å²) < 4.78 is 15.4. The zero-order valence-electron chi connectivity index (χ0n) is 19.9. The van der Waals surface area contributed by atoms with Crippen LogP contribution in [0, 0.1) is 0 Å². The maximum absolute atomic E-state index is 6.49. The molecule has 4 heteroatoms. The molecule has 0 amide bonds. The molecule has 0 N–H and O–H groups in total. The Labute approximate surface area is 199 Å². The topological polar surface area (TPSA) is 23.4 Å². The largest absolute Gasteiger partial charge is 0.494 e. The number of hydrogen-bond acceptors (Lipinski definition) is 2. The lowest BCUT2D eigenvalue weighted by atomic mass is 9.77. The first kappa shape index (κ1) is 20.1. The maximum Gasteiger partial charge on any atom is 0.494 e. The number of rotatable bonds is 2. The predicted molar refractivity (Wildman–Crippen MR) is 143 cm³/mol. The summed E-state index contributed by atoms with van der Waals surface area (Å²) in [7, 11) is -0.415. The highest BCUT2D eigenvalue weighted by atomic mass is 16.7. The van der Waals surface area contributed by atoms with Crippen LogP contribution in [0.1, 0.15) is 27.7 Å². The van der Waals surface area contributed by atoms with Crippen LogP contribution >= 0.6 is 0 Å². The molecule has 0 aliphatic carbocycles. The lowest BCUT2D eigenvalue weighted by molar-refractivity contribution is 0.00578. The van der Waals surface area contributed by atoms with Gasteiger partial charge < -0.3 is 13.9 Å². The molecule has 1 aromatic heterocycles. The molecule has 7 rings (SSSR count). The van der Waals surface area contributed by atoms with Crippen molar-refractivity contribution in [1.82, 2.24) is 4.57 Å². The maximum atomic E-state index is 6.49. The van der Waals surface area contributed by atoms with Gasteiger partial charge in [0.1, 0.15) is 0 Å². The third kappa shape index (κ3) is 2.55. The molecular formula is C30H26BNO2. The van der Waals surface area contributed by atoms with E-state index in [9.17, 15) is 0 Å². The number of hydrogen-bond donors (Lipinski definition) is 0. The monoisotopic (exact) mass is 443 g/mol. The van der Waals surface area contributed by atoms with Crippen molar-refractivity contribution in [2.24, 2.45) is 0 Å². The van der Waals surface area contributed by atoms with Gasteiger partial charge in [-0.1, -0.05) is 60.7 Å². The first-order valence-corrected chi connectivity index (χ1v) is 12.0. The molecule has 0 bridgehead atoms. The van der Waals surface area contributed by atoms with E-state index in [1.165, 1.54) is 43.4 Å². The molecule has 1 aliphatic rings. The van der Waals surface area contributed by atoms with Crippen LogP contribution in [0.4, 0.5) is 0 Å². The van der Waals surface area contributed by atoms with Crippen LogP contribution in [-0.4, -0.2) is 22.9 Å². The van der Waals surface area contributed by atoms with Crippen molar-refractivity contribution in [3.05, 3.63) is 84.9 Å². The second-order valence-electron chi connectivity index (χ2n) is 10.5. The zero-order chi connectivity index (χ0) is 23.2. The van der Waals surface area contributed by atoms with Gasteiger partial charge in [0.25, 0.3) is 0 Å². The van der Waals surface area contributed by atoms with Crippen LogP contribution in [0.5, 0.6) is 0 Å². The lowest BCUT2D eigenvalue weighted by Crippen LogP contribution is -2.41. The van der Waals surface area contributed by atoms with E-state index in [0.717, 1.165) is 11.2 Å². The fourth-order valence-electron chi connectivity index (χ4n) is 5.57. The normalized spacial score (nSPS) is 17.6. The summed E-state index contributed by atoms with van der Waals surface area (Å²) in [5, 5.41) is 7.69. The van der Waals surface area contributed by atoms with E-state index in [1.54, 1.807) is 0 Å². The summed E-state index contributed by atoms with van der Waals surface area (Å²) in [5.41, 5.74) is 3.84. The Bertz CT molecular complexity index is 1700. The van der Waals surface area contributed by atoms with Crippen molar-refractivity contribution in [2.75, 3.05) is 0 Å². The summed E-state index contributed by atoms with van der Waals surface area (Å²) in [5.74, 6) is 0.